The number of nitrogens with zero attached hydrogens (tertiary/aromatic N) is 3. The minimum atomic E-state index is -0.538. The number of hydrogen-bond acceptors (Lipinski definition) is 5. The fraction of sp³-hybridized carbons (Fsp3) is 0.154. The minimum Gasteiger partial charge on any atom is -0.464 e. The molecule has 0 aliphatic heterocycles. The molecule has 0 unspecified atom stereocenters. The van der Waals surface area contributed by atoms with Gasteiger partial charge in [0.15, 0.2) is 11.5 Å². The molecular weight excluding hydrogens is 249 g/mol. The highest BCUT2D eigenvalue weighted by Gasteiger charge is 2.10. The number of carbonyl (C=O) groups excluding carboxylic acids is 1. The highest BCUT2D eigenvalue weighted by molar-refractivity contribution is 5.86. The van der Waals surface area contributed by atoms with Gasteiger partial charge in [-0.25, -0.2) is 19.2 Å². The average Bonchev–Trinajstić information content (AvgIpc) is 2.46. The van der Waals surface area contributed by atoms with Crippen LogP contribution in [0.5, 0.6) is 0 Å². The molecule has 0 saturated heterocycles. The molecule has 0 amide bonds. The van der Waals surface area contributed by atoms with Gasteiger partial charge >= 0.3 is 5.97 Å². The summed E-state index contributed by atoms with van der Waals surface area (Å²) in [6.07, 6.45) is 2.79. The number of benzene rings is 1. The van der Waals surface area contributed by atoms with Crippen LogP contribution in [0.4, 0.5) is 15.9 Å². The number of halogens is 1. The molecule has 2 aromatic rings. The van der Waals surface area contributed by atoms with Crippen LogP contribution in [-0.4, -0.2) is 30.1 Å². The van der Waals surface area contributed by atoms with Crippen molar-refractivity contribution in [1.82, 2.24) is 9.97 Å². The maximum absolute atomic E-state index is 12.8. The topological polar surface area (TPSA) is 55.3 Å². The first-order valence-electron chi connectivity index (χ1n) is 5.51. The Balaban J connectivity index is 2.22. The number of ether oxygens (including phenoxy) is 1. The number of carbonyl (C=O) groups is 1. The summed E-state index contributed by atoms with van der Waals surface area (Å²) in [4.78, 5) is 21.0. The van der Waals surface area contributed by atoms with E-state index in [4.69, 9.17) is 0 Å². The highest BCUT2D eigenvalue weighted by Crippen LogP contribution is 2.20. The molecule has 0 fully saturated rings. The van der Waals surface area contributed by atoms with E-state index >= 15 is 0 Å². The van der Waals surface area contributed by atoms with Gasteiger partial charge in [-0.3, -0.25) is 0 Å². The van der Waals surface area contributed by atoms with Crippen LogP contribution in [0.25, 0.3) is 0 Å². The predicted molar refractivity (Wildman–Crippen MR) is 67.8 cm³/mol. The van der Waals surface area contributed by atoms with Crippen LogP contribution < -0.4 is 4.90 Å². The van der Waals surface area contributed by atoms with Crippen LogP contribution in [0.15, 0.2) is 36.7 Å². The molecule has 2 rings (SSSR count). The number of aromatic nitrogens is 2. The third kappa shape index (κ3) is 2.85. The van der Waals surface area contributed by atoms with E-state index in [0.717, 1.165) is 5.69 Å². The molecule has 0 saturated carbocycles. The summed E-state index contributed by atoms with van der Waals surface area (Å²) in [5.74, 6) is -0.299. The molecule has 19 heavy (non-hydrogen) atoms. The van der Waals surface area contributed by atoms with Gasteiger partial charge in [0.25, 0.3) is 0 Å². The van der Waals surface area contributed by atoms with E-state index in [1.165, 1.54) is 31.6 Å². The fourth-order valence-corrected chi connectivity index (χ4v) is 1.50. The van der Waals surface area contributed by atoms with Gasteiger partial charge in [0.2, 0.25) is 0 Å². The van der Waals surface area contributed by atoms with E-state index in [-0.39, 0.29) is 11.5 Å². The van der Waals surface area contributed by atoms with Crippen LogP contribution in [0.1, 0.15) is 10.5 Å². The normalized spacial score (nSPS) is 10.1. The van der Waals surface area contributed by atoms with E-state index in [9.17, 15) is 9.18 Å². The van der Waals surface area contributed by atoms with Gasteiger partial charge in [-0.15, -0.1) is 0 Å². The second-order valence-corrected chi connectivity index (χ2v) is 3.79. The third-order valence-electron chi connectivity index (χ3n) is 2.59. The fourth-order valence-electron chi connectivity index (χ4n) is 1.50. The van der Waals surface area contributed by atoms with Crippen molar-refractivity contribution in [3.63, 3.8) is 0 Å². The number of hydrogen-bond donors (Lipinski definition) is 0. The molecule has 1 aromatic carbocycles. The van der Waals surface area contributed by atoms with Crippen LogP contribution in [0, 0.1) is 5.82 Å². The molecule has 0 aliphatic carbocycles. The zero-order chi connectivity index (χ0) is 13.8. The lowest BCUT2D eigenvalue weighted by atomic mass is 10.3. The van der Waals surface area contributed by atoms with Gasteiger partial charge < -0.3 is 9.64 Å². The van der Waals surface area contributed by atoms with Gasteiger partial charge in [-0.2, -0.15) is 0 Å². The van der Waals surface area contributed by atoms with E-state index in [2.05, 4.69) is 14.7 Å². The van der Waals surface area contributed by atoms with Crippen LogP contribution in [-0.2, 0) is 4.74 Å². The summed E-state index contributed by atoms with van der Waals surface area (Å²) in [5, 5.41) is 0. The Bertz CT molecular complexity index is 569. The van der Waals surface area contributed by atoms with Crippen LogP contribution in [0.3, 0.4) is 0 Å². The van der Waals surface area contributed by atoms with Gasteiger partial charge in [-0.1, -0.05) is 0 Å². The van der Waals surface area contributed by atoms with Crippen molar-refractivity contribution in [2.24, 2.45) is 0 Å². The van der Waals surface area contributed by atoms with Crippen molar-refractivity contribution in [3.05, 3.63) is 48.2 Å². The van der Waals surface area contributed by atoms with E-state index in [1.807, 2.05) is 0 Å². The monoisotopic (exact) mass is 261 g/mol. The first-order valence-corrected chi connectivity index (χ1v) is 5.51. The van der Waals surface area contributed by atoms with E-state index in [0.29, 0.717) is 5.82 Å². The summed E-state index contributed by atoms with van der Waals surface area (Å²) >= 11 is 0. The quantitative estimate of drug-likeness (QED) is 0.792. The molecule has 1 heterocycles. The molecule has 1 aromatic heterocycles. The molecule has 0 bridgehead atoms. The molecule has 0 atom stereocenters. The van der Waals surface area contributed by atoms with E-state index in [1.54, 1.807) is 24.1 Å². The zero-order valence-corrected chi connectivity index (χ0v) is 10.5. The molecule has 0 N–H and O–H groups in total. The molecule has 98 valence electrons. The summed E-state index contributed by atoms with van der Waals surface area (Å²) in [7, 11) is 3.05. The minimum absolute atomic E-state index is 0.138. The Kier molecular flexibility index (Phi) is 3.70. The third-order valence-corrected chi connectivity index (χ3v) is 2.59. The average molecular weight is 261 g/mol. The Morgan fingerprint density at radius 2 is 1.89 bits per heavy atom. The van der Waals surface area contributed by atoms with Crippen LogP contribution >= 0.6 is 0 Å². The smallest absolute Gasteiger partial charge is 0.358 e. The van der Waals surface area contributed by atoms with Crippen molar-refractivity contribution in [2.45, 2.75) is 0 Å². The summed E-state index contributed by atoms with van der Waals surface area (Å²) < 4.78 is 17.4. The molecule has 6 heteroatoms. The van der Waals surface area contributed by atoms with Crippen molar-refractivity contribution in [3.8, 4) is 0 Å². The summed E-state index contributed by atoms with van der Waals surface area (Å²) in [6.45, 7) is 0. The SMILES string of the molecule is COC(=O)c1cnc(N(C)c2ccc(F)cc2)cn1. The predicted octanol–water partition coefficient (Wildman–Crippen LogP) is 2.17. The second-order valence-electron chi connectivity index (χ2n) is 3.79. The summed E-state index contributed by atoms with van der Waals surface area (Å²) in [6, 6.07) is 5.99. The lowest BCUT2D eigenvalue weighted by Crippen LogP contribution is -2.13. The maximum atomic E-state index is 12.8. The van der Waals surface area contributed by atoms with Crippen molar-refractivity contribution in [1.29, 1.82) is 0 Å². The Morgan fingerprint density at radius 3 is 2.42 bits per heavy atom. The number of esters is 1. The molecule has 5 nitrogen and oxygen atoms in total. The van der Waals surface area contributed by atoms with Gasteiger partial charge in [-0.05, 0) is 24.3 Å². The first kappa shape index (κ1) is 12.9. The van der Waals surface area contributed by atoms with Gasteiger partial charge in [0.05, 0.1) is 19.5 Å². The van der Waals surface area contributed by atoms with E-state index < -0.39 is 5.97 Å². The largest absolute Gasteiger partial charge is 0.464 e. The highest BCUT2D eigenvalue weighted by atomic mass is 19.1. The molecular formula is C13H12FN3O2. The molecule has 0 aliphatic rings. The van der Waals surface area contributed by atoms with Crippen molar-refractivity contribution >= 4 is 17.5 Å². The lowest BCUT2D eigenvalue weighted by Gasteiger charge is -2.17. The Labute approximate surface area is 109 Å². The number of anilines is 2. The van der Waals surface area contributed by atoms with Crippen molar-refractivity contribution in [2.75, 3.05) is 19.1 Å². The Hall–Kier alpha value is -2.50. The van der Waals surface area contributed by atoms with Crippen molar-refractivity contribution < 1.29 is 13.9 Å². The number of rotatable bonds is 3. The van der Waals surface area contributed by atoms with Gasteiger partial charge in [0, 0.05) is 12.7 Å². The number of methoxy groups -OCH3 is 1. The summed E-state index contributed by atoms with van der Waals surface area (Å²) in [5.41, 5.74) is 0.903. The van der Waals surface area contributed by atoms with Gasteiger partial charge in [0.1, 0.15) is 5.82 Å². The first-order chi connectivity index (χ1) is 9.11. The molecule has 0 spiro atoms. The Morgan fingerprint density at radius 1 is 1.21 bits per heavy atom. The second kappa shape index (κ2) is 5.43. The lowest BCUT2D eigenvalue weighted by molar-refractivity contribution is 0.0593. The zero-order valence-electron chi connectivity index (χ0n) is 10.5. The standard InChI is InChI=1S/C13H12FN3O2/c1-17(10-5-3-9(14)4-6-10)12-8-15-11(7-16-12)13(18)19-2/h3-8H,1-2H3. The maximum Gasteiger partial charge on any atom is 0.358 e. The van der Waals surface area contributed by atoms with Crippen LogP contribution in [0.2, 0.25) is 0 Å². The molecule has 0 radical (unpaired) electrons.